The van der Waals surface area contributed by atoms with Crippen molar-refractivity contribution in [3.8, 4) is 57.5 Å². The molecule has 51 heavy (non-hydrogen) atoms. The van der Waals surface area contributed by atoms with Crippen LogP contribution in [0, 0.1) is 0 Å². The van der Waals surface area contributed by atoms with Gasteiger partial charge in [0.1, 0.15) is 46.9 Å². The molecule has 0 spiro atoms. The van der Waals surface area contributed by atoms with Crippen LogP contribution in [-0.4, -0.2) is 110 Å². The van der Waals surface area contributed by atoms with E-state index < -0.39 is 129 Å². The fourth-order valence-electron chi connectivity index (χ4n) is 5.32. The van der Waals surface area contributed by atoms with Crippen molar-refractivity contribution in [2.45, 2.75) is 30.5 Å². The largest absolute Gasteiger partial charge is 0.508 e. The number of aliphatic hydroxyl groups is 2. The second-order valence-electron chi connectivity index (χ2n) is 11.2. The highest BCUT2D eigenvalue weighted by molar-refractivity contribution is 6.13. The second-order valence-corrected chi connectivity index (χ2v) is 11.2. The smallest absolute Gasteiger partial charge is 0.338 e. The zero-order chi connectivity index (χ0) is 37.5. The molecule has 0 bridgehead atoms. The van der Waals surface area contributed by atoms with E-state index in [0.29, 0.717) is 30.3 Å². The summed E-state index contributed by atoms with van der Waals surface area (Å²) in [5, 5.41) is 123. The number of hydrogen-bond acceptors (Lipinski definition) is 18. The highest BCUT2D eigenvalue weighted by Gasteiger charge is 2.52. The van der Waals surface area contributed by atoms with Crippen molar-refractivity contribution in [2.24, 2.45) is 0 Å². The Morgan fingerprint density at radius 2 is 1.06 bits per heavy atom. The molecule has 18 heteroatoms. The van der Waals surface area contributed by atoms with E-state index >= 15 is 0 Å². The molecule has 1 aliphatic rings. The van der Waals surface area contributed by atoms with Gasteiger partial charge in [-0.15, -0.1) is 0 Å². The highest BCUT2D eigenvalue weighted by atomic mass is 16.6. The Balaban J connectivity index is 1.66. The average molecular weight is 713 g/mol. The van der Waals surface area contributed by atoms with Gasteiger partial charge in [-0.2, -0.15) is 0 Å². The molecule has 18 nitrogen and oxygen atoms in total. The van der Waals surface area contributed by atoms with Crippen LogP contribution in [0.4, 0.5) is 0 Å². The minimum absolute atomic E-state index is 0.176. The number of aromatic hydroxyl groups is 10. The molecule has 0 amide bonds. The normalized spacial score (nSPS) is 20.0. The first-order chi connectivity index (χ1) is 24.0. The Bertz CT molecular complexity index is 1980. The first-order valence-corrected chi connectivity index (χ1v) is 14.5. The van der Waals surface area contributed by atoms with E-state index in [9.17, 15) is 75.7 Å². The molecule has 0 aromatic heterocycles. The van der Waals surface area contributed by atoms with E-state index in [1.54, 1.807) is 0 Å². The van der Waals surface area contributed by atoms with Gasteiger partial charge in [0.15, 0.2) is 46.7 Å². The number of aliphatic hydroxyl groups excluding tert-OH is 2. The Hall–Kier alpha value is -6.63. The minimum atomic E-state index is -2.20. The number of carbonyl (C=O) groups is 3. The van der Waals surface area contributed by atoms with Gasteiger partial charge >= 0.3 is 11.9 Å². The third-order valence-corrected chi connectivity index (χ3v) is 7.88. The number of hydrogen-bond donors (Lipinski definition) is 12. The van der Waals surface area contributed by atoms with Crippen LogP contribution in [0.5, 0.6) is 57.5 Å². The molecule has 4 aromatic rings. The molecule has 268 valence electrons. The van der Waals surface area contributed by atoms with E-state index in [1.807, 2.05) is 0 Å². The van der Waals surface area contributed by atoms with Crippen molar-refractivity contribution >= 4 is 17.7 Å². The van der Waals surface area contributed by atoms with Crippen LogP contribution in [0.1, 0.15) is 48.3 Å². The zero-order valence-electron chi connectivity index (χ0n) is 25.6. The summed E-state index contributed by atoms with van der Waals surface area (Å²) in [4.78, 5) is 40.1. The van der Waals surface area contributed by atoms with Gasteiger partial charge in [-0.3, -0.25) is 4.79 Å². The van der Waals surface area contributed by atoms with Crippen molar-refractivity contribution in [1.82, 2.24) is 0 Å². The first kappa shape index (κ1) is 35.7. The molecular weight excluding hydrogens is 684 g/mol. The first-order valence-electron chi connectivity index (χ1n) is 14.5. The number of ether oxygens (including phenoxy) is 3. The third kappa shape index (κ3) is 6.69. The minimum Gasteiger partial charge on any atom is -0.508 e. The van der Waals surface area contributed by atoms with Gasteiger partial charge in [0.05, 0.1) is 23.3 Å². The van der Waals surface area contributed by atoms with Gasteiger partial charge in [0, 0.05) is 11.6 Å². The maximum absolute atomic E-state index is 13.4. The Morgan fingerprint density at radius 1 is 0.588 bits per heavy atom. The molecule has 1 fully saturated rings. The molecular formula is C33H28O18. The van der Waals surface area contributed by atoms with Crippen molar-refractivity contribution in [3.05, 3.63) is 82.4 Å². The molecule has 1 saturated heterocycles. The van der Waals surface area contributed by atoms with Gasteiger partial charge in [-0.05, 0) is 48.5 Å². The van der Waals surface area contributed by atoms with Crippen LogP contribution in [0.2, 0.25) is 0 Å². The van der Waals surface area contributed by atoms with Crippen LogP contribution in [-0.2, 0) is 14.2 Å². The molecule has 1 heterocycles. The maximum atomic E-state index is 13.4. The second kappa shape index (κ2) is 13.7. The number of phenolic OH excluding ortho intramolecular Hbond substituents is 10. The van der Waals surface area contributed by atoms with E-state index in [2.05, 4.69) is 0 Å². The van der Waals surface area contributed by atoms with Crippen molar-refractivity contribution < 1.29 is 89.9 Å². The summed E-state index contributed by atoms with van der Waals surface area (Å²) < 4.78 is 16.6. The number of benzene rings is 4. The van der Waals surface area contributed by atoms with Crippen LogP contribution < -0.4 is 0 Å². The predicted molar refractivity (Wildman–Crippen MR) is 165 cm³/mol. The number of carbonyl (C=O) groups excluding carboxylic acids is 3. The van der Waals surface area contributed by atoms with Crippen LogP contribution >= 0.6 is 0 Å². The number of phenols is 10. The molecule has 0 aliphatic carbocycles. The summed E-state index contributed by atoms with van der Waals surface area (Å²) in [6.07, 6.45) is -10.3. The quantitative estimate of drug-likeness (QED) is 0.0694. The lowest BCUT2D eigenvalue weighted by Gasteiger charge is -2.43. The van der Waals surface area contributed by atoms with Gasteiger partial charge in [0.2, 0.25) is 5.78 Å². The average Bonchev–Trinajstić information content (AvgIpc) is 3.07. The van der Waals surface area contributed by atoms with Crippen LogP contribution in [0.25, 0.3) is 0 Å². The van der Waals surface area contributed by atoms with Crippen molar-refractivity contribution in [1.29, 1.82) is 0 Å². The highest BCUT2D eigenvalue weighted by Crippen LogP contribution is 2.48. The molecule has 5 unspecified atom stereocenters. The summed E-state index contributed by atoms with van der Waals surface area (Å²) in [6.45, 7) is -1.05. The molecule has 0 radical (unpaired) electrons. The summed E-state index contributed by atoms with van der Waals surface area (Å²) in [5.74, 6) is -13.3. The van der Waals surface area contributed by atoms with E-state index in [1.165, 1.54) is 0 Å². The van der Waals surface area contributed by atoms with Gasteiger partial charge in [-0.1, -0.05) is 0 Å². The Labute approximate surface area is 284 Å². The Kier molecular flexibility index (Phi) is 9.59. The van der Waals surface area contributed by atoms with Crippen LogP contribution in [0.3, 0.4) is 0 Å². The number of esters is 2. The molecule has 5 atom stereocenters. The van der Waals surface area contributed by atoms with Crippen LogP contribution in [0.15, 0.2) is 54.6 Å². The summed E-state index contributed by atoms with van der Waals surface area (Å²) in [7, 11) is 0. The monoisotopic (exact) mass is 712 g/mol. The lowest BCUT2D eigenvalue weighted by molar-refractivity contribution is -0.232. The number of ketones is 1. The lowest BCUT2D eigenvalue weighted by Crippen LogP contribution is -2.58. The molecule has 5 rings (SSSR count). The summed E-state index contributed by atoms with van der Waals surface area (Å²) in [5.41, 5.74) is -3.11. The van der Waals surface area contributed by atoms with Crippen molar-refractivity contribution in [2.75, 3.05) is 6.61 Å². The fraction of sp³-hybridized carbons (Fsp3) is 0.182. The maximum Gasteiger partial charge on any atom is 0.338 e. The standard InChI is InChI=1S/C33H28O18/c34-10-21-27(45)30(50-32(47)12-5-17(38)25(43)18(39)6-12)31(51-33(48)13-7-19(40)26(44)20(41)8-13)29(49-21)23-16(37)9-15(36)22(28(23)46)24(42)11-1-3-14(35)4-2-11/h1-9,21,27,29-31,34-41,43-46H,10H2. The van der Waals surface area contributed by atoms with Gasteiger partial charge < -0.3 is 75.5 Å². The molecule has 4 aromatic carbocycles. The van der Waals surface area contributed by atoms with E-state index in [-0.39, 0.29) is 11.3 Å². The lowest BCUT2D eigenvalue weighted by atomic mass is 9.87. The SMILES string of the molecule is O=C(OC1C(c2c(O)cc(O)c(C(=O)c3ccc(O)cc3)c2O)OC(CO)C(O)C1OC(=O)c1cc(O)c(O)c(O)c1)c1cc(O)c(O)c(O)c1. The summed E-state index contributed by atoms with van der Waals surface area (Å²) in [6, 6.07) is 7.74. The van der Waals surface area contributed by atoms with E-state index in [0.717, 1.165) is 24.3 Å². The topological polar surface area (TPSA) is 322 Å². The van der Waals surface area contributed by atoms with E-state index in [4.69, 9.17) is 14.2 Å². The zero-order valence-corrected chi connectivity index (χ0v) is 25.6. The summed E-state index contributed by atoms with van der Waals surface area (Å²) >= 11 is 0. The van der Waals surface area contributed by atoms with Gasteiger partial charge in [-0.25, -0.2) is 9.59 Å². The Morgan fingerprint density at radius 3 is 1.53 bits per heavy atom. The fourth-order valence-corrected chi connectivity index (χ4v) is 5.32. The van der Waals surface area contributed by atoms with Gasteiger partial charge in [0.25, 0.3) is 0 Å². The van der Waals surface area contributed by atoms with Crippen molar-refractivity contribution in [3.63, 3.8) is 0 Å². The number of rotatable bonds is 8. The molecule has 0 saturated carbocycles. The molecule has 1 aliphatic heterocycles. The molecule has 12 N–H and O–H groups in total. The third-order valence-electron chi connectivity index (χ3n) is 7.88. The predicted octanol–water partition coefficient (Wildman–Crippen LogP) is 1.22.